The zero-order valence-corrected chi connectivity index (χ0v) is 8.17. The molecule has 0 aromatic carbocycles. The third kappa shape index (κ3) is 1.07. The summed E-state index contributed by atoms with van der Waals surface area (Å²) in [6, 6.07) is 0. The molecule has 2 unspecified atom stereocenters. The minimum Gasteiger partial charge on any atom is -0.393 e. The van der Waals surface area contributed by atoms with Gasteiger partial charge in [0.1, 0.15) is 0 Å². The van der Waals surface area contributed by atoms with Crippen LogP contribution < -0.4 is 0 Å². The molecule has 84 valence electrons. The predicted octanol–water partition coefficient (Wildman–Crippen LogP) is -0.588. The van der Waals surface area contributed by atoms with Crippen molar-refractivity contribution in [2.45, 2.75) is 12.8 Å². The van der Waals surface area contributed by atoms with E-state index in [-0.39, 0.29) is 12.8 Å². The van der Waals surface area contributed by atoms with Gasteiger partial charge in [0, 0.05) is 0 Å². The van der Waals surface area contributed by atoms with Crippen LogP contribution in [-0.2, 0) is 28.7 Å². The minimum atomic E-state index is -0.583. The number of carbonyl (C=O) groups is 4. The average molecular weight is 224 g/mol. The molecule has 0 radical (unpaired) electrons. The first-order chi connectivity index (χ1) is 7.58. The standard InChI is InChI=1S/C10H8O6/c11-7-3-1-4-6(10(14)16-8(4)12)2-5(3)9(13)15-7/h3-6H,1-2H2/t3-,4+,5?,6?. The molecule has 0 aromatic heterocycles. The fraction of sp³-hybridized carbons (Fsp3) is 0.600. The highest BCUT2D eigenvalue weighted by atomic mass is 16.6. The summed E-state index contributed by atoms with van der Waals surface area (Å²) < 4.78 is 9.01. The number of hydrogen-bond donors (Lipinski definition) is 0. The predicted molar refractivity (Wildman–Crippen MR) is 45.4 cm³/mol. The van der Waals surface area contributed by atoms with Gasteiger partial charge in [-0.25, -0.2) is 0 Å². The normalized spacial score (nSPS) is 41.5. The van der Waals surface area contributed by atoms with Crippen molar-refractivity contribution in [1.29, 1.82) is 0 Å². The Balaban J connectivity index is 1.92. The summed E-state index contributed by atoms with van der Waals surface area (Å²) in [5.41, 5.74) is 0. The van der Waals surface area contributed by atoms with Gasteiger partial charge in [0.2, 0.25) is 0 Å². The summed E-state index contributed by atoms with van der Waals surface area (Å²) in [5, 5.41) is 0. The topological polar surface area (TPSA) is 86.7 Å². The van der Waals surface area contributed by atoms with Crippen molar-refractivity contribution in [2.24, 2.45) is 23.7 Å². The maximum Gasteiger partial charge on any atom is 0.317 e. The van der Waals surface area contributed by atoms with Crippen LogP contribution in [0.4, 0.5) is 0 Å². The average Bonchev–Trinajstić information content (AvgIpc) is 2.67. The minimum absolute atomic E-state index is 0.185. The molecule has 6 heteroatoms. The van der Waals surface area contributed by atoms with Crippen LogP contribution in [0.3, 0.4) is 0 Å². The number of hydrogen-bond acceptors (Lipinski definition) is 6. The summed E-state index contributed by atoms with van der Waals surface area (Å²) >= 11 is 0. The van der Waals surface area contributed by atoms with Gasteiger partial charge >= 0.3 is 23.9 Å². The van der Waals surface area contributed by atoms with Crippen molar-refractivity contribution in [3.8, 4) is 0 Å². The van der Waals surface area contributed by atoms with Crippen LogP contribution in [0.5, 0.6) is 0 Å². The van der Waals surface area contributed by atoms with Gasteiger partial charge in [-0.05, 0) is 12.8 Å². The number of carbonyl (C=O) groups excluding carboxylic acids is 4. The Morgan fingerprint density at radius 3 is 1.12 bits per heavy atom. The van der Waals surface area contributed by atoms with Crippen LogP contribution in [0.2, 0.25) is 0 Å². The Morgan fingerprint density at radius 2 is 0.875 bits per heavy atom. The van der Waals surface area contributed by atoms with E-state index in [2.05, 4.69) is 9.47 Å². The van der Waals surface area contributed by atoms with Crippen molar-refractivity contribution in [1.82, 2.24) is 0 Å². The number of ether oxygens (including phenoxy) is 2. The monoisotopic (exact) mass is 224 g/mol. The molecule has 1 aliphatic carbocycles. The molecule has 3 aliphatic rings. The van der Waals surface area contributed by atoms with E-state index in [4.69, 9.17) is 0 Å². The maximum absolute atomic E-state index is 11.3. The van der Waals surface area contributed by atoms with E-state index < -0.39 is 47.5 Å². The van der Waals surface area contributed by atoms with Crippen molar-refractivity contribution < 1.29 is 28.7 Å². The Kier molecular flexibility index (Phi) is 1.72. The van der Waals surface area contributed by atoms with E-state index in [1.54, 1.807) is 0 Å². The molecule has 2 aliphatic heterocycles. The molecule has 0 spiro atoms. The van der Waals surface area contributed by atoms with Gasteiger partial charge in [-0.2, -0.15) is 0 Å². The Bertz CT molecular complexity index is 349. The van der Waals surface area contributed by atoms with Crippen molar-refractivity contribution in [3.05, 3.63) is 0 Å². The highest BCUT2D eigenvalue weighted by Crippen LogP contribution is 2.45. The second kappa shape index (κ2) is 2.90. The van der Waals surface area contributed by atoms with E-state index in [0.717, 1.165) is 0 Å². The second-order valence-electron chi connectivity index (χ2n) is 4.38. The first-order valence-corrected chi connectivity index (χ1v) is 5.09. The molecular formula is C10H8O6. The van der Waals surface area contributed by atoms with Gasteiger partial charge in [-0.3, -0.25) is 19.2 Å². The Hall–Kier alpha value is -1.72. The molecule has 3 fully saturated rings. The van der Waals surface area contributed by atoms with Crippen LogP contribution in [0, 0.1) is 23.7 Å². The zero-order chi connectivity index (χ0) is 11.4. The highest BCUT2D eigenvalue weighted by Gasteiger charge is 2.57. The van der Waals surface area contributed by atoms with Crippen molar-refractivity contribution in [2.75, 3.05) is 0 Å². The molecule has 16 heavy (non-hydrogen) atoms. The molecule has 0 aromatic rings. The Morgan fingerprint density at radius 1 is 0.625 bits per heavy atom. The molecule has 2 saturated heterocycles. The van der Waals surface area contributed by atoms with Crippen molar-refractivity contribution in [3.63, 3.8) is 0 Å². The zero-order valence-electron chi connectivity index (χ0n) is 8.17. The van der Waals surface area contributed by atoms with Gasteiger partial charge in [-0.15, -0.1) is 0 Å². The summed E-state index contributed by atoms with van der Waals surface area (Å²) in [4.78, 5) is 45.3. The lowest BCUT2D eigenvalue weighted by atomic mass is 9.70. The molecule has 3 rings (SSSR count). The van der Waals surface area contributed by atoms with E-state index in [1.807, 2.05) is 0 Å². The largest absolute Gasteiger partial charge is 0.393 e. The number of esters is 4. The number of cyclic esters (lactones) is 4. The van der Waals surface area contributed by atoms with Crippen LogP contribution in [0.1, 0.15) is 12.8 Å². The van der Waals surface area contributed by atoms with Crippen LogP contribution >= 0.6 is 0 Å². The van der Waals surface area contributed by atoms with Gasteiger partial charge in [0.25, 0.3) is 0 Å². The van der Waals surface area contributed by atoms with E-state index in [1.165, 1.54) is 0 Å². The van der Waals surface area contributed by atoms with Crippen LogP contribution in [-0.4, -0.2) is 23.9 Å². The lowest BCUT2D eigenvalue weighted by Crippen LogP contribution is -2.35. The highest BCUT2D eigenvalue weighted by molar-refractivity contribution is 6.01. The van der Waals surface area contributed by atoms with E-state index >= 15 is 0 Å². The molecule has 0 bridgehead atoms. The lowest BCUT2D eigenvalue weighted by Gasteiger charge is -2.25. The van der Waals surface area contributed by atoms with Crippen molar-refractivity contribution >= 4 is 23.9 Å². The third-order valence-corrected chi connectivity index (χ3v) is 3.60. The van der Waals surface area contributed by atoms with Crippen LogP contribution in [0.25, 0.3) is 0 Å². The van der Waals surface area contributed by atoms with Gasteiger partial charge < -0.3 is 9.47 Å². The molecule has 0 amide bonds. The van der Waals surface area contributed by atoms with Gasteiger partial charge in [-0.1, -0.05) is 0 Å². The quantitative estimate of drug-likeness (QED) is 0.404. The maximum atomic E-state index is 11.3. The van der Waals surface area contributed by atoms with E-state index in [0.29, 0.717) is 0 Å². The third-order valence-electron chi connectivity index (χ3n) is 3.60. The lowest BCUT2D eigenvalue weighted by molar-refractivity contribution is -0.154. The van der Waals surface area contributed by atoms with Crippen LogP contribution in [0.15, 0.2) is 0 Å². The molecule has 1 saturated carbocycles. The molecular weight excluding hydrogens is 216 g/mol. The smallest absolute Gasteiger partial charge is 0.317 e. The summed E-state index contributed by atoms with van der Waals surface area (Å²) in [7, 11) is 0. The molecule has 6 nitrogen and oxygen atoms in total. The molecule has 0 N–H and O–H groups in total. The number of fused-ring (bicyclic) bond motifs is 2. The second-order valence-corrected chi connectivity index (χ2v) is 4.38. The molecule has 4 atom stereocenters. The first-order valence-electron chi connectivity index (χ1n) is 5.09. The summed E-state index contributed by atoms with van der Waals surface area (Å²) in [6.07, 6.45) is 0.370. The van der Waals surface area contributed by atoms with E-state index in [9.17, 15) is 19.2 Å². The summed E-state index contributed by atoms with van der Waals surface area (Å²) in [5.74, 6) is -4.64. The molecule has 2 heterocycles. The fourth-order valence-electron chi connectivity index (χ4n) is 2.75. The first kappa shape index (κ1) is 9.50. The SMILES string of the molecule is O=C1OC(=O)[C@H]2C[C@H]3C(=O)OC(=O)C3CC12. The Labute approximate surface area is 89.9 Å². The fourth-order valence-corrected chi connectivity index (χ4v) is 2.75. The number of rotatable bonds is 0. The van der Waals surface area contributed by atoms with Gasteiger partial charge in [0.05, 0.1) is 23.7 Å². The summed E-state index contributed by atoms with van der Waals surface area (Å²) in [6.45, 7) is 0. The van der Waals surface area contributed by atoms with Gasteiger partial charge in [0.15, 0.2) is 0 Å².